The molecule has 0 amide bonds. The molecule has 0 saturated heterocycles. The lowest BCUT2D eigenvalue weighted by Gasteiger charge is -2.26. The van der Waals surface area contributed by atoms with Crippen molar-refractivity contribution in [2.45, 2.75) is 59.3 Å². The Bertz CT molecular complexity index is 577. The Kier molecular flexibility index (Phi) is 2.80. The van der Waals surface area contributed by atoms with Gasteiger partial charge in [0.05, 0.1) is 0 Å². The van der Waals surface area contributed by atoms with Crippen LogP contribution in [0.4, 0.5) is 0 Å². The Hall–Kier alpha value is -1.31. The number of imidazole rings is 1. The van der Waals surface area contributed by atoms with Crippen molar-refractivity contribution in [2.75, 3.05) is 0 Å². The molecule has 0 aliphatic carbocycles. The second-order valence-electron chi connectivity index (χ2n) is 7.19. The molecule has 0 aliphatic rings. The summed E-state index contributed by atoms with van der Waals surface area (Å²) in [5.41, 5.74) is 5.19. The number of fused-ring (bicyclic) bond motifs is 1. The summed E-state index contributed by atoms with van der Waals surface area (Å²) < 4.78 is 2.31. The molecule has 0 N–H and O–H groups in total. The fourth-order valence-corrected chi connectivity index (χ4v) is 2.41. The molecule has 0 radical (unpaired) electrons. The van der Waals surface area contributed by atoms with Crippen LogP contribution in [0, 0.1) is 6.92 Å². The molecule has 2 rings (SSSR count). The van der Waals surface area contributed by atoms with E-state index in [-0.39, 0.29) is 10.8 Å². The molecular formula is C16H24N2. The van der Waals surface area contributed by atoms with Gasteiger partial charge in [0.2, 0.25) is 0 Å². The zero-order valence-electron chi connectivity index (χ0n) is 12.6. The summed E-state index contributed by atoms with van der Waals surface area (Å²) in [7, 11) is 0. The average Bonchev–Trinajstić information content (AvgIpc) is 2.57. The number of hydrogen-bond acceptors (Lipinski definition) is 1. The van der Waals surface area contributed by atoms with Gasteiger partial charge in [-0.2, -0.15) is 0 Å². The van der Waals surface area contributed by atoms with Crippen molar-refractivity contribution in [1.29, 1.82) is 0 Å². The van der Waals surface area contributed by atoms with E-state index in [4.69, 9.17) is 0 Å². The standard InChI is InChI=1S/C16H24N2/c1-11-10-17-14-12(15(2,3)4)8-9-13(18(11)14)16(5,6)7/h8-10H,1-7H3. The number of rotatable bonds is 0. The van der Waals surface area contributed by atoms with Crippen molar-refractivity contribution in [3.8, 4) is 0 Å². The van der Waals surface area contributed by atoms with Crippen LogP contribution in [0.1, 0.15) is 58.5 Å². The molecule has 0 bridgehead atoms. The van der Waals surface area contributed by atoms with Crippen molar-refractivity contribution in [2.24, 2.45) is 0 Å². The number of pyridine rings is 1. The summed E-state index contributed by atoms with van der Waals surface area (Å²) >= 11 is 0. The summed E-state index contributed by atoms with van der Waals surface area (Å²) in [6.45, 7) is 15.6. The van der Waals surface area contributed by atoms with Gasteiger partial charge in [0.15, 0.2) is 0 Å². The quantitative estimate of drug-likeness (QED) is 0.677. The van der Waals surface area contributed by atoms with Crippen molar-refractivity contribution in [3.63, 3.8) is 0 Å². The third kappa shape index (κ3) is 2.05. The van der Waals surface area contributed by atoms with Crippen LogP contribution in [0.15, 0.2) is 18.3 Å². The first kappa shape index (κ1) is 13.1. The molecule has 2 nitrogen and oxygen atoms in total. The average molecular weight is 244 g/mol. The number of aromatic nitrogens is 2. The predicted octanol–water partition coefficient (Wildman–Crippen LogP) is 4.24. The highest BCUT2D eigenvalue weighted by molar-refractivity contribution is 5.54. The van der Waals surface area contributed by atoms with Gasteiger partial charge in [-0.15, -0.1) is 0 Å². The predicted molar refractivity (Wildman–Crippen MR) is 77.3 cm³/mol. The van der Waals surface area contributed by atoms with E-state index in [0.717, 1.165) is 5.65 Å². The van der Waals surface area contributed by atoms with Gasteiger partial charge < -0.3 is 4.40 Å². The van der Waals surface area contributed by atoms with Crippen LogP contribution in [-0.2, 0) is 10.8 Å². The number of nitrogens with zero attached hydrogens (tertiary/aromatic N) is 2. The van der Waals surface area contributed by atoms with Gasteiger partial charge in [-0.25, -0.2) is 4.98 Å². The highest BCUT2D eigenvalue weighted by atomic mass is 15.0. The van der Waals surface area contributed by atoms with Crippen LogP contribution >= 0.6 is 0 Å². The Balaban J connectivity index is 2.85. The van der Waals surface area contributed by atoms with Crippen LogP contribution in [0.25, 0.3) is 5.65 Å². The highest BCUT2D eigenvalue weighted by Gasteiger charge is 2.24. The van der Waals surface area contributed by atoms with Gasteiger partial charge >= 0.3 is 0 Å². The van der Waals surface area contributed by atoms with E-state index in [1.54, 1.807) is 0 Å². The molecule has 0 spiro atoms. The number of aryl methyl sites for hydroxylation is 1. The molecule has 0 atom stereocenters. The van der Waals surface area contributed by atoms with Gasteiger partial charge in [-0.05, 0) is 18.4 Å². The van der Waals surface area contributed by atoms with Gasteiger partial charge in [-0.3, -0.25) is 0 Å². The summed E-state index contributed by atoms with van der Waals surface area (Å²) in [5.74, 6) is 0. The van der Waals surface area contributed by atoms with E-state index in [0.29, 0.717) is 0 Å². The van der Waals surface area contributed by atoms with Crippen molar-refractivity contribution >= 4 is 5.65 Å². The van der Waals surface area contributed by atoms with E-state index >= 15 is 0 Å². The lowest BCUT2D eigenvalue weighted by Crippen LogP contribution is -2.20. The zero-order chi connectivity index (χ0) is 13.7. The Morgan fingerprint density at radius 3 is 2.06 bits per heavy atom. The third-order valence-corrected chi connectivity index (χ3v) is 3.40. The SMILES string of the molecule is Cc1cnc2c(C(C)(C)C)ccc(C(C)(C)C)n12. The van der Waals surface area contributed by atoms with E-state index in [1.165, 1.54) is 17.0 Å². The van der Waals surface area contributed by atoms with Crippen LogP contribution in [0.2, 0.25) is 0 Å². The summed E-state index contributed by atoms with van der Waals surface area (Å²) in [4.78, 5) is 4.62. The van der Waals surface area contributed by atoms with Crippen molar-refractivity contribution in [3.05, 3.63) is 35.3 Å². The molecule has 0 aliphatic heterocycles. The van der Waals surface area contributed by atoms with Crippen LogP contribution in [0.3, 0.4) is 0 Å². The summed E-state index contributed by atoms with van der Waals surface area (Å²) in [6.07, 6.45) is 1.97. The molecule has 0 saturated carbocycles. The summed E-state index contributed by atoms with van der Waals surface area (Å²) in [5, 5.41) is 0. The molecule has 0 unspecified atom stereocenters. The van der Waals surface area contributed by atoms with Crippen LogP contribution in [0.5, 0.6) is 0 Å². The van der Waals surface area contributed by atoms with Crippen LogP contribution < -0.4 is 0 Å². The van der Waals surface area contributed by atoms with Gasteiger partial charge in [0.25, 0.3) is 0 Å². The molecular weight excluding hydrogens is 220 g/mol. The minimum Gasteiger partial charge on any atom is -0.301 e. The maximum absolute atomic E-state index is 4.62. The lowest BCUT2D eigenvalue weighted by atomic mass is 9.85. The first-order valence-corrected chi connectivity index (χ1v) is 6.60. The van der Waals surface area contributed by atoms with Crippen molar-refractivity contribution < 1.29 is 0 Å². The Labute approximate surface area is 110 Å². The molecule has 2 heteroatoms. The fraction of sp³-hybridized carbons (Fsp3) is 0.562. The normalized spacial score (nSPS) is 13.3. The molecule has 0 fully saturated rings. The molecule has 18 heavy (non-hydrogen) atoms. The molecule has 2 aromatic rings. The highest BCUT2D eigenvalue weighted by Crippen LogP contribution is 2.31. The van der Waals surface area contributed by atoms with E-state index in [9.17, 15) is 0 Å². The van der Waals surface area contributed by atoms with E-state index in [2.05, 4.69) is 70.0 Å². The molecule has 98 valence electrons. The second-order valence-corrected chi connectivity index (χ2v) is 7.19. The van der Waals surface area contributed by atoms with Gasteiger partial charge in [0.1, 0.15) is 5.65 Å². The zero-order valence-corrected chi connectivity index (χ0v) is 12.6. The fourth-order valence-electron chi connectivity index (χ4n) is 2.41. The second kappa shape index (κ2) is 3.84. The monoisotopic (exact) mass is 244 g/mol. The maximum Gasteiger partial charge on any atom is 0.140 e. The third-order valence-electron chi connectivity index (χ3n) is 3.40. The minimum absolute atomic E-state index is 0.120. The Morgan fingerprint density at radius 1 is 0.944 bits per heavy atom. The maximum atomic E-state index is 4.62. The van der Waals surface area contributed by atoms with Crippen molar-refractivity contribution in [1.82, 2.24) is 9.38 Å². The smallest absolute Gasteiger partial charge is 0.140 e. The van der Waals surface area contributed by atoms with Gasteiger partial charge in [-0.1, -0.05) is 47.6 Å². The molecule has 2 aromatic heterocycles. The van der Waals surface area contributed by atoms with Gasteiger partial charge in [0, 0.05) is 28.6 Å². The first-order valence-electron chi connectivity index (χ1n) is 6.60. The van der Waals surface area contributed by atoms with E-state index < -0.39 is 0 Å². The topological polar surface area (TPSA) is 17.3 Å². The molecule has 0 aromatic carbocycles. The van der Waals surface area contributed by atoms with Crippen LogP contribution in [-0.4, -0.2) is 9.38 Å². The Morgan fingerprint density at radius 2 is 1.56 bits per heavy atom. The summed E-state index contributed by atoms with van der Waals surface area (Å²) in [6, 6.07) is 4.49. The van der Waals surface area contributed by atoms with E-state index in [1.807, 2.05) is 6.20 Å². The number of hydrogen-bond donors (Lipinski definition) is 0. The lowest BCUT2D eigenvalue weighted by molar-refractivity contribution is 0.550. The largest absolute Gasteiger partial charge is 0.301 e. The minimum atomic E-state index is 0.120. The first-order chi connectivity index (χ1) is 8.12. The molecule has 2 heterocycles.